The largest absolute Gasteiger partial charge is 0.329 e. The fourth-order valence-electron chi connectivity index (χ4n) is 2.22. The third kappa shape index (κ3) is 2.12. The van der Waals surface area contributed by atoms with E-state index < -0.39 is 12.1 Å². The number of benzene rings is 1. The first-order valence-electron chi connectivity index (χ1n) is 6.23. The molecule has 2 heterocycles. The average molecular weight is 281 g/mol. The summed E-state index contributed by atoms with van der Waals surface area (Å²) in [7, 11) is 1.74. The summed E-state index contributed by atoms with van der Waals surface area (Å²) in [4.78, 5) is 25.5. The van der Waals surface area contributed by atoms with E-state index in [4.69, 9.17) is 5.26 Å². The third-order valence-electron chi connectivity index (χ3n) is 3.25. The Morgan fingerprint density at radius 1 is 1.29 bits per heavy atom. The van der Waals surface area contributed by atoms with Crippen LogP contribution in [0.3, 0.4) is 0 Å². The highest BCUT2D eigenvalue weighted by atomic mass is 16.2. The van der Waals surface area contributed by atoms with Gasteiger partial charge in [-0.2, -0.15) is 10.4 Å². The molecule has 1 aliphatic heterocycles. The summed E-state index contributed by atoms with van der Waals surface area (Å²) < 4.78 is 1.57. The van der Waals surface area contributed by atoms with Crippen LogP contribution >= 0.6 is 0 Å². The van der Waals surface area contributed by atoms with Crippen molar-refractivity contribution >= 4 is 17.6 Å². The van der Waals surface area contributed by atoms with Crippen molar-refractivity contribution in [2.24, 2.45) is 7.05 Å². The quantitative estimate of drug-likeness (QED) is 0.834. The molecule has 0 radical (unpaired) electrons. The van der Waals surface area contributed by atoms with Gasteiger partial charge in [-0.25, -0.2) is 9.69 Å². The van der Waals surface area contributed by atoms with E-state index >= 15 is 0 Å². The molecule has 7 nitrogen and oxygen atoms in total. The van der Waals surface area contributed by atoms with E-state index in [9.17, 15) is 9.59 Å². The van der Waals surface area contributed by atoms with E-state index in [-0.39, 0.29) is 5.91 Å². The maximum atomic E-state index is 12.4. The van der Waals surface area contributed by atoms with Gasteiger partial charge in [0.15, 0.2) is 0 Å². The number of amides is 3. The molecule has 0 aliphatic carbocycles. The van der Waals surface area contributed by atoms with E-state index in [1.165, 1.54) is 0 Å². The lowest BCUT2D eigenvalue weighted by atomic mass is 10.1. The second-order valence-electron chi connectivity index (χ2n) is 4.66. The zero-order chi connectivity index (χ0) is 15.0. The first-order valence-corrected chi connectivity index (χ1v) is 6.23. The number of nitrogens with zero attached hydrogens (tertiary/aromatic N) is 4. The molecule has 1 atom stereocenters. The molecule has 104 valence electrons. The molecule has 1 saturated heterocycles. The Morgan fingerprint density at radius 3 is 2.57 bits per heavy atom. The van der Waals surface area contributed by atoms with Crippen LogP contribution in [0.4, 0.5) is 10.5 Å². The van der Waals surface area contributed by atoms with Crippen molar-refractivity contribution in [2.45, 2.75) is 6.04 Å². The lowest BCUT2D eigenvalue weighted by Gasteiger charge is -2.12. The molecule has 7 heteroatoms. The Bertz CT molecular complexity index is 756. The van der Waals surface area contributed by atoms with E-state index in [1.54, 1.807) is 48.4 Å². The Hall–Kier alpha value is -3.14. The van der Waals surface area contributed by atoms with Crippen molar-refractivity contribution < 1.29 is 9.59 Å². The van der Waals surface area contributed by atoms with E-state index in [0.717, 1.165) is 4.90 Å². The molecular formula is C14H11N5O2. The molecule has 0 spiro atoms. The maximum Gasteiger partial charge on any atom is 0.329 e. The van der Waals surface area contributed by atoms with Gasteiger partial charge >= 0.3 is 6.03 Å². The Balaban J connectivity index is 1.91. The molecule has 2 aromatic rings. The first kappa shape index (κ1) is 12.9. The number of imide groups is 1. The van der Waals surface area contributed by atoms with Gasteiger partial charge in [-0.15, -0.1) is 0 Å². The number of urea groups is 1. The molecule has 1 unspecified atom stereocenters. The molecule has 1 N–H and O–H groups in total. The molecule has 3 amide bonds. The van der Waals surface area contributed by atoms with Gasteiger partial charge in [-0.1, -0.05) is 0 Å². The number of nitrogens with one attached hydrogen (secondary N) is 1. The van der Waals surface area contributed by atoms with E-state index in [0.29, 0.717) is 16.8 Å². The van der Waals surface area contributed by atoms with Crippen LogP contribution < -0.4 is 10.2 Å². The summed E-state index contributed by atoms with van der Waals surface area (Å²) in [6.07, 6.45) is 3.23. The Kier molecular flexibility index (Phi) is 2.92. The van der Waals surface area contributed by atoms with Crippen molar-refractivity contribution in [3.63, 3.8) is 0 Å². The summed E-state index contributed by atoms with van der Waals surface area (Å²) in [5, 5.41) is 15.4. The van der Waals surface area contributed by atoms with Crippen LogP contribution in [0.1, 0.15) is 17.2 Å². The van der Waals surface area contributed by atoms with Gasteiger partial charge in [0.1, 0.15) is 6.04 Å². The van der Waals surface area contributed by atoms with Crippen LogP contribution in [0.15, 0.2) is 36.7 Å². The average Bonchev–Trinajstić information content (AvgIpc) is 3.03. The van der Waals surface area contributed by atoms with Crippen molar-refractivity contribution in [2.75, 3.05) is 4.90 Å². The van der Waals surface area contributed by atoms with E-state index in [1.807, 2.05) is 6.07 Å². The second kappa shape index (κ2) is 4.76. The van der Waals surface area contributed by atoms with Crippen LogP contribution in [0.25, 0.3) is 0 Å². The maximum absolute atomic E-state index is 12.4. The number of carbonyl (C=O) groups is 2. The van der Waals surface area contributed by atoms with Crippen LogP contribution in [0.5, 0.6) is 0 Å². The fourth-order valence-corrected chi connectivity index (χ4v) is 2.22. The standard InChI is InChI=1S/C14H11N5O2/c1-18-8-10(7-16-18)12-13(20)19(14(21)17-12)11-4-2-9(6-15)3-5-11/h2-5,7-8,12H,1H3,(H,17,21). The Labute approximate surface area is 120 Å². The van der Waals surface area contributed by atoms with Crippen molar-refractivity contribution in [1.29, 1.82) is 5.26 Å². The number of rotatable bonds is 2. The summed E-state index contributed by atoms with van der Waals surface area (Å²) >= 11 is 0. The van der Waals surface area contributed by atoms with Gasteiger partial charge < -0.3 is 5.32 Å². The predicted octanol–water partition coefficient (Wildman–Crippen LogP) is 1.09. The minimum Gasteiger partial charge on any atom is -0.321 e. The minimum absolute atomic E-state index is 0.363. The van der Waals surface area contributed by atoms with Gasteiger partial charge in [-0.3, -0.25) is 9.48 Å². The third-order valence-corrected chi connectivity index (χ3v) is 3.25. The van der Waals surface area contributed by atoms with Crippen molar-refractivity contribution in [1.82, 2.24) is 15.1 Å². The van der Waals surface area contributed by atoms with Crippen molar-refractivity contribution in [3.05, 3.63) is 47.8 Å². The van der Waals surface area contributed by atoms with Crippen LogP contribution in [0, 0.1) is 11.3 Å². The number of anilines is 1. The number of carbonyl (C=O) groups excluding carboxylic acids is 2. The zero-order valence-corrected chi connectivity index (χ0v) is 11.1. The topological polar surface area (TPSA) is 91.0 Å². The van der Waals surface area contributed by atoms with Gasteiger partial charge in [-0.05, 0) is 24.3 Å². The number of aromatic nitrogens is 2. The van der Waals surface area contributed by atoms with Gasteiger partial charge in [0, 0.05) is 18.8 Å². The predicted molar refractivity (Wildman–Crippen MR) is 73.1 cm³/mol. The van der Waals surface area contributed by atoms with Crippen LogP contribution in [0.2, 0.25) is 0 Å². The summed E-state index contributed by atoms with van der Waals surface area (Å²) in [6, 6.07) is 7.04. The van der Waals surface area contributed by atoms with Gasteiger partial charge in [0.25, 0.3) is 5.91 Å². The SMILES string of the molecule is Cn1cc(C2NC(=O)N(c3ccc(C#N)cc3)C2=O)cn1. The van der Waals surface area contributed by atoms with Gasteiger partial charge in [0.05, 0.1) is 23.5 Å². The Morgan fingerprint density at radius 2 is 2.00 bits per heavy atom. The summed E-state index contributed by atoms with van der Waals surface area (Å²) in [5.41, 5.74) is 1.53. The molecule has 3 rings (SSSR count). The van der Waals surface area contributed by atoms with Crippen molar-refractivity contribution in [3.8, 4) is 6.07 Å². The fraction of sp³-hybridized carbons (Fsp3) is 0.143. The number of aryl methyl sites for hydroxylation is 1. The van der Waals surface area contributed by atoms with E-state index in [2.05, 4.69) is 10.4 Å². The molecule has 0 bridgehead atoms. The number of nitriles is 1. The number of hydrogen-bond acceptors (Lipinski definition) is 4. The highest BCUT2D eigenvalue weighted by Crippen LogP contribution is 2.26. The summed E-state index contributed by atoms with van der Waals surface area (Å²) in [5.74, 6) is -0.363. The summed E-state index contributed by atoms with van der Waals surface area (Å²) in [6.45, 7) is 0. The second-order valence-corrected chi connectivity index (χ2v) is 4.66. The molecule has 21 heavy (non-hydrogen) atoms. The van der Waals surface area contributed by atoms with Crippen LogP contribution in [-0.2, 0) is 11.8 Å². The zero-order valence-electron chi connectivity index (χ0n) is 11.1. The molecule has 1 fully saturated rings. The monoisotopic (exact) mass is 281 g/mol. The minimum atomic E-state index is -0.734. The molecule has 1 aliphatic rings. The highest BCUT2D eigenvalue weighted by molar-refractivity contribution is 6.21. The molecule has 0 saturated carbocycles. The molecular weight excluding hydrogens is 270 g/mol. The highest BCUT2D eigenvalue weighted by Gasteiger charge is 2.40. The lowest BCUT2D eigenvalue weighted by molar-refractivity contribution is -0.118. The molecule has 1 aromatic carbocycles. The van der Waals surface area contributed by atoms with Crippen LogP contribution in [-0.4, -0.2) is 21.7 Å². The number of hydrogen-bond donors (Lipinski definition) is 1. The molecule has 1 aromatic heterocycles. The smallest absolute Gasteiger partial charge is 0.321 e. The van der Waals surface area contributed by atoms with Gasteiger partial charge in [0.2, 0.25) is 0 Å². The lowest BCUT2D eigenvalue weighted by Crippen LogP contribution is -2.30. The first-order chi connectivity index (χ1) is 10.1. The normalized spacial score (nSPS) is 17.7.